The highest BCUT2D eigenvalue weighted by Crippen LogP contribution is 2.24. The highest BCUT2D eigenvalue weighted by Gasteiger charge is 2.27. The van der Waals surface area contributed by atoms with Crippen molar-refractivity contribution in [2.45, 2.75) is 38.3 Å². The fraction of sp³-hybridized carbons (Fsp3) is 0.400. The van der Waals surface area contributed by atoms with Crippen molar-refractivity contribution in [1.29, 1.82) is 0 Å². The zero-order valence-electron chi connectivity index (χ0n) is 14.7. The predicted molar refractivity (Wildman–Crippen MR) is 98.2 cm³/mol. The topological polar surface area (TPSA) is 59.0 Å². The molecule has 1 aliphatic carbocycles. The summed E-state index contributed by atoms with van der Waals surface area (Å²) in [6, 6.07) is 7.93. The van der Waals surface area contributed by atoms with Gasteiger partial charge in [0.15, 0.2) is 0 Å². The van der Waals surface area contributed by atoms with Crippen molar-refractivity contribution >= 4 is 5.91 Å². The van der Waals surface area contributed by atoms with Crippen LogP contribution in [0.3, 0.4) is 0 Å². The molecule has 1 atom stereocenters. The van der Waals surface area contributed by atoms with E-state index in [1.807, 2.05) is 0 Å². The normalized spacial score (nSPS) is 19.7. The molecule has 0 saturated heterocycles. The lowest BCUT2D eigenvalue weighted by Crippen LogP contribution is -2.45. The molecule has 0 radical (unpaired) electrons. The van der Waals surface area contributed by atoms with Crippen molar-refractivity contribution in [2.75, 3.05) is 13.1 Å². The van der Waals surface area contributed by atoms with Crippen LogP contribution in [0.2, 0.25) is 0 Å². The van der Waals surface area contributed by atoms with E-state index < -0.39 is 0 Å². The largest absolute Gasteiger partial charge is 0.347 e. The van der Waals surface area contributed by atoms with Crippen LogP contribution < -0.4 is 10.6 Å². The van der Waals surface area contributed by atoms with Crippen LogP contribution in [0.15, 0.2) is 42.0 Å². The quantitative estimate of drug-likeness (QED) is 0.809. The number of hydrogen-bond acceptors (Lipinski definition) is 3. The van der Waals surface area contributed by atoms with E-state index >= 15 is 0 Å². The lowest BCUT2D eigenvalue weighted by Gasteiger charge is -2.26. The van der Waals surface area contributed by atoms with Crippen LogP contribution in [0.5, 0.6) is 0 Å². The molecule has 2 N–H and O–H groups in total. The number of amides is 1. The second kappa shape index (κ2) is 7.41. The lowest BCUT2D eigenvalue weighted by molar-refractivity contribution is 0.0900. The molecule has 0 bridgehead atoms. The van der Waals surface area contributed by atoms with Crippen LogP contribution in [-0.4, -0.2) is 28.8 Å². The van der Waals surface area contributed by atoms with E-state index in [2.05, 4.69) is 21.8 Å². The summed E-state index contributed by atoms with van der Waals surface area (Å²) in [7, 11) is 0. The van der Waals surface area contributed by atoms with Gasteiger partial charge in [0.1, 0.15) is 17.7 Å². The van der Waals surface area contributed by atoms with Crippen LogP contribution in [0.1, 0.15) is 48.8 Å². The van der Waals surface area contributed by atoms with E-state index in [4.69, 9.17) is 0 Å². The molecule has 26 heavy (non-hydrogen) atoms. The molecule has 4 rings (SSSR count). The first-order chi connectivity index (χ1) is 12.7. The molecule has 1 aromatic heterocycles. The Kier molecular flexibility index (Phi) is 4.84. The molecule has 2 aromatic rings. The standard InChI is InChI=1S/C20H23FN4O/c21-16-8-6-15(7-9-16)17-12-18-20(26)23-13-19(25(18)24-17)22-11-10-14-4-2-1-3-5-14/h4,6-9,12,19,22H,1-3,5,10-11,13H2,(H,23,26). The molecule has 0 spiro atoms. The van der Waals surface area contributed by atoms with Gasteiger partial charge in [0.25, 0.3) is 5.91 Å². The minimum Gasteiger partial charge on any atom is -0.347 e. The number of hydrogen-bond donors (Lipinski definition) is 2. The molecule has 2 aliphatic rings. The van der Waals surface area contributed by atoms with E-state index in [0.29, 0.717) is 17.9 Å². The van der Waals surface area contributed by atoms with E-state index in [1.165, 1.54) is 43.4 Å². The molecule has 1 amide bonds. The van der Waals surface area contributed by atoms with Gasteiger partial charge in [-0.1, -0.05) is 11.6 Å². The number of halogens is 1. The van der Waals surface area contributed by atoms with Gasteiger partial charge in [0, 0.05) is 12.1 Å². The maximum atomic E-state index is 13.1. The van der Waals surface area contributed by atoms with Crippen molar-refractivity contribution < 1.29 is 9.18 Å². The fourth-order valence-electron chi connectivity index (χ4n) is 3.62. The maximum absolute atomic E-state index is 13.1. The van der Waals surface area contributed by atoms with Crippen molar-refractivity contribution in [2.24, 2.45) is 0 Å². The molecule has 136 valence electrons. The molecule has 5 nitrogen and oxygen atoms in total. The molecule has 0 fully saturated rings. The number of carbonyl (C=O) groups excluding carboxylic acids is 1. The SMILES string of the molecule is O=C1NCC(NCCC2=CCCCC2)n2nc(-c3ccc(F)cc3)cc21. The Hall–Kier alpha value is -2.47. The minimum absolute atomic E-state index is 0.0684. The molecule has 6 heteroatoms. The number of fused-ring (bicyclic) bond motifs is 1. The first-order valence-corrected chi connectivity index (χ1v) is 9.26. The number of nitrogens with zero attached hydrogens (tertiary/aromatic N) is 2. The van der Waals surface area contributed by atoms with Gasteiger partial charge in [-0.15, -0.1) is 0 Å². The summed E-state index contributed by atoms with van der Waals surface area (Å²) in [5.74, 6) is -0.411. The Balaban J connectivity index is 1.49. The van der Waals surface area contributed by atoms with Crippen LogP contribution in [0, 0.1) is 5.82 Å². The minimum atomic E-state index is -0.285. The van der Waals surface area contributed by atoms with Gasteiger partial charge < -0.3 is 5.32 Å². The number of aromatic nitrogens is 2. The summed E-state index contributed by atoms with van der Waals surface area (Å²) in [5.41, 5.74) is 3.53. The molecule has 1 unspecified atom stereocenters. The lowest BCUT2D eigenvalue weighted by atomic mass is 9.97. The zero-order chi connectivity index (χ0) is 17.9. The third kappa shape index (κ3) is 3.55. The van der Waals surface area contributed by atoms with E-state index in [-0.39, 0.29) is 17.9 Å². The average Bonchev–Trinajstić information content (AvgIpc) is 3.11. The Morgan fingerprint density at radius 1 is 1.27 bits per heavy atom. The fourth-order valence-corrected chi connectivity index (χ4v) is 3.62. The van der Waals surface area contributed by atoms with Gasteiger partial charge in [-0.25, -0.2) is 9.07 Å². The number of rotatable bonds is 5. The monoisotopic (exact) mass is 354 g/mol. The first kappa shape index (κ1) is 17.0. The maximum Gasteiger partial charge on any atom is 0.269 e. The Morgan fingerprint density at radius 2 is 2.12 bits per heavy atom. The summed E-state index contributed by atoms with van der Waals surface area (Å²) < 4.78 is 14.9. The van der Waals surface area contributed by atoms with Crippen LogP contribution in [-0.2, 0) is 0 Å². The van der Waals surface area contributed by atoms with E-state index in [9.17, 15) is 9.18 Å². The number of allylic oxidation sites excluding steroid dienone is 1. The summed E-state index contributed by atoms with van der Waals surface area (Å²) in [6.07, 6.45) is 8.31. The van der Waals surface area contributed by atoms with Gasteiger partial charge in [0.05, 0.1) is 12.2 Å². The summed E-state index contributed by atoms with van der Waals surface area (Å²) in [5, 5.41) is 11.0. The highest BCUT2D eigenvalue weighted by atomic mass is 19.1. The van der Waals surface area contributed by atoms with E-state index in [1.54, 1.807) is 22.9 Å². The highest BCUT2D eigenvalue weighted by molar-refractivity contribution is 5.94. The van der Waals surface area contributed by atoms with Crippen molar-refractivity contribution in [1.82, 2.24) is 20.4 Å². The molecule has 0 saturated carbocycles. The molecule has 1 aliphatic heterocycles. The number of benzene rings is 1. The third-order valence-electron chi connectivity index (χ3n) is 5.07. The molecular formula is C20H23FN4O. The summed E-state index contributed by atoms with van der Waals surface area (Å²) in [4.78, 5) is 12.2. The Morgan fingerprint density at radius 3 is 2.88 bits per heavy atom. The van der Waals surface area contributed by atoms with Crippen molar-refractivity contribution in [3.8, 4) is 11.3 Å². The number of nitrogens with one attached hydrogen (secondary N) is 2. The van der Waals surface area contributed by atoms with Gasteiger partial charge in [-0.05, 0) is 62.4 Å². The number of carbonyl (C=O) groups is 1. The molecule has 2 heterocycles. The van der Waals surface area contributed by atoms with E-state index in [0.717, 1.165) is 18.5 Å². The Labute approximate surface area is 152 Å². The predicted octanol–water partition coefficient (Wildman–Crippen LogP) is 3.41. The summed E-state index contributed by atoms with van der Waals surface area (Å²) in [6.45, 7) is 1.37. The van der Waals surface area contributed by atoms with Crippen molar-refractivity contribution in [3.05, 3.63) is 53.5 Å². The molecule has 1 aromatic carbocycles. The smallest absolute Gasteiger partial charge is 0.269 e. The van der Waals surface area contributed by atoms with Crippen LogP contribution in [0.25, 0.3) is 11.3 Å². The van der Waals surface area contributed by atoms with Gasteiger partial charge in [-0.2, -0.15) is 5.10 Å². The van der Waals surface area contributed by atoms with Crippen molar-refractivity contribution in [3.63, 3.8) is 0 Å². The van der Waals surface area contributed by atoms with Crippen LogP contribution in [0.4, 0.5) is 4.39 Å². The van der Waals surface area contributed by atoms with Gasteiger partial charge in [0.2, 0.25) is 0 Å². The third-order valence-corrected chi connectivity index (χ3v) is 5.07. The molecular weight excluding hydrogens is 331 g/mol. The zero-order valence-corrected chi connectivity index (χ0v) is 14.7. The second-order valence-electron chi connectivity index (χ2n) is 6.90. The van der Waals surface area contributed by atoms with Gasteiger partial charge >= 0.3 is 0 Å². The second-order valence-corrected chi connectivity index (χ2v) is 6.90. The summed E-state index contributed by atoms with van der Waals surface area (Å²) >= 11 is 0. The van der Waals surface area contributed by atoms with Crippen LogP contribution >= 0.6 is 0 Å². The average molecular weight is 354 g/mol. The first-order valence-electron chi connectivity index (χ1n) is 9.26. The van der Waals surface area contributed by atoms with Gasteiger partial charge in [-0.3, -0.25) is 10.1 Å². The Bertz CT molecular complexity index is 825.